The second kappa shape index (κ2) is 7.78. The zero-order chi connectivity index (χ0) is 15.9. The van der Waals surface area contributed by atoms with Crippen LogP contribution in [0, 0.1) is 0 Å². The lowest BCUT2D eigenvalue weighted by Gasteiger charge is -2.37. The van der Waals surface area contributed by atoms with Crippen molar-refractivity contribution in [3.8, 4) is 0 Å². The Bertz CT molecular complexity index is 447. The second-order valence-electron chi connectivity index (χ2n) is 6.69. The highest BCUT2D eigenvalue weighted by molar-refractivity contribution is 6.74. The predicted molar refractivity (Wildman–Crippen MR) is 89.5 cm³/mol. The Morgan fingerprint density at radius 1 is 1.19 bits per heavy atom. The van der Waals surface area contributed by atoms with Gasteiger partial charge in [-0.3, -0.25) is 0 Å². The molecule has 0 saturated carbocycles. The Morgan fingerprint density at radius 3 is 2.33 bits per heavy atom. The van der Waals surface area contributed by atoms with Gasteiger partial charge in [-0.05, 0) is 29.8 Å². The summed E-state index contributed by atoms with van der Waals surface area (Å²) in [6, 6.07) is 10.0. The number of rotatable bonds is 7. The van der Waals surface area contributed by atoms with Gasteiger partial charge in [0.05, 0.1) is 13.2 Å². The van der Waals surface area contributed by atoms with Crippen molar-refractivity contribution < 1.29 is 14.3 Å². The molecule has 0 radical (unpaired) electrons. The van der Waals surface area contributed by atoms with Gasteiger partial charge in [0.15, 0.2) is 0 Å². The molecule has 0 spiro atoms. The summed E-state index contributed by atoms with van der Waals surface area (Å²) >= 11 is 0. The van der Waals surface area contributed by atoms with E-state index >= 15 is 0 Å². The molecule has 3 nitrogen and oxygen atoms in total. The van der Waals surface area contributed by atoms with Gasteiger partial charge in [0.25, 0.3) is 0 Å². The number of aliphatic hydroxyl groups is 1. The van der Waals surface area contributed by atoms with E-state index in [-0.39, 0.29) is 11.6 Å². The van der Waals surface area contributed by atoms with Crippen molar-refractivity contribution in [1.29, 1.82) is 0 Å². The maximum atomic E-state index is 9.16. The number of hydrogen-bond acceptors (Lipinski definition) is 3. The minimum absolute atomic E-state index is 0.0291. The van der Waals surface area contributed by atoms with E-state index in [0.717, 1.165) is 11.3 Å². The van der Waals surface area contributed by atoms with E-state index in [1.165, 1.54) is 0 Å². The van der Waals surface area contributed by atoms with Gasteiger partial charge in [-0.25, -0.2) is 0 Å². The van der Waals surface area contributed by atoms with E-state index in [2.05, 4.69) is 33.9 Å². The largest absolute Gasteiger partial charge is 0.545 e. The zero-order valence-electron chi connectivity index (χ0n) is 13.8. The van der Waals surface area contributed by atoms with Gasteiger partial charge in [-0.1, -0.05) is 51.1 Å². The molecule has 0 aromatic heterocycles. The maximum absolute atomic E-state index is 9.16. The van der Waals surface area contributed by atoms with Crippen LogP contribution in [0.2, 0.25) is 18.1 Å². The van der Waals surface area contributed by atoms with Gasteiger partial charge in [0.1, 0.15) is 12.4 Å². The molecule has 0 aliphatic carbocycles. The molecular formula is C17H28O3Si. The van der Waals surface area contributed by atoms with Crippen LogP contribution in [0.3, 0.4) is 0 Å². The molecule has 1 aromatic rings. The molecule has 0 atom stereocenters. The van der Waals surface area contributed by atoms with Crippen LogP contribution < -0.4 is 0 Å². The molecule has 1 aromatic carbocycles. The quantitative estimate of drug-likeness (QED) is 0.609. The molecule has 21 heavy (non-hydrogen) atoms. The molecule has 1 N–H and O–H groups in total. The van der Waals surface area contributed by atoms with Gasteiger partial charge >= 0.3 is 0 Å². The smallest absolute Gasteiger partial charge is 0.250 e. The third-order valence-corrected chi connectivity index (χ3v) is 8.25. The number of hydrogen-bond donors (Lipinski definition) is 1. The molecule has 0 heterocycles. The van der Waals surface area contributed by atoms with Crippen LogP contribution in [0.25, 0.3) is 0 Å². The molecule has 118 valence electrons. The molecule has 0 fully saturated rings. The van der Waals surface area contributed by atoms with Crippen LogP contribution in [-0.4, -0.2) is 26.6 Å². The average Bonchev–Trinajstić information content (AvgIpc) is 2.38. The summed E-state index contributed by atoms with van der Waals surface area (Å²) in [7, 11) is -1.89. The van der Waals surface area contributed by atoms with Crippen molar-refractivity contribution in [3.05, 3.63) is 47.7 Å². The first-order valence-corrected chi connectivity index (χ1v) is 10.3. The Balaban J connectivity index is 2.57. The summed E-state index contributed by atoms with van der Waals surface area (Å²) in [6.07, 6.45) is 1.70. The lowest BCUT2D eigenvalue weighted by molar-refractivity contribution is 0.116. The van der Waals surface area contributed by atoms with Crippen molar-refractivity contribution in [2.45, 2.75) is 45.5 Å². The van der Waals surface area contributed by atoms with Gasteiger partial charge in [0, 0.05) is 0 Å². The van der Waals surface area contributed by atoms with E-state index < -0.39 is 8.32 Å². The Labute approximate surface area is 129 Å². The van der Waals surface area contributed by atoms with E-state index in [9.17, 15) is 0 Å². The summed E-state index contributed by atoms with van der Waals surface area (Å²) in [5.74, 6) is 0.736. The summed E-state index contributed by atoms with van der Waals surface area (Å²) < 4.78 is 11.9. The Hall–Kier alpha value is -1.10. The second-order valence-corrected chi connectivity index (χ2v) is 11.4. The fourth-order valence-electron chi connectivity index (χ4n) is 1.56. The highest BCUT2D eigenvalue weighted by atomic mass is 28.4. The standard InChI is InChI=1S/C17H28O3Si/c1-17(2,3)21(4,5)20-16(11-12-18)14-19-13-15-9-7-6-8-10-15/h6-11,18H,12-14H2,1-5H3/b16-11+. The first-order chi connectivity index (χ1) is 9.76. The number of benzene rings is 1. The van der Waals surface area contributed by atoms with Crippen molar-refractivity contribution in [2.75, 3.05) is 13.2 Å². The SMILES string of the molecule is CC(C)(C)[Si](C)(C)O/C(=C/CO)COCc1ccccc1. The predicted octanol–water partition coefficient (Wildman–Crippen LogP) is 4.10. The van der Waals surface area contributed by atoms with Crippen molar-refractivity contribution in [3.63, 3.8) is 0 Å². The highest BCUT2D eigenvalue weighted by Gasteiger charge is 2.39. The van der Waals surface area contributed by atoms with E-state index in [1.807, 2.05) is 30.3 Å². The lowest BCUT2D eigenvalue weighted by atomic mass is 10.2. The summed E-state index contributed by atoms with van der Waals surface area (Å²) in [5, 5.41) is 9.28. The number of ether oxygens (including phenoxy) is 1. The van der Waals surface area contributed by atoms with Gasteiger partial charge in [-0.15, -0.1) is 0 Å². The summed E-state index contributed by atoms with van der Waals surface area (Å²) in [5.41, 5.74) is 1.13. The third kappa shape index (κ3) is 6.04. The van der Waals surface area contributed by atoms with Gasteiger partial charge in [0.2, 0.25) is 8.32 Å². The van der Waals surface area contributed by atoms with Crippen molar-refractivity contribution in [2.24, 2.45) is 0 Å². The normalized spacial score (nSPS) is 13.3. The molecule has 4 heteroatoms. The molecule has 0 amide bonds. The van der Waals surface area contributed by atoms with Crippen LogP contribution in [0.4, 0.5) is 0 Å². The molecule has 1 rings (SSSR count). The van der Waals surface area contributed by atoms with Crippen LogP contribution in [0.5, 0.6) is 0 Å². The zero-order valence-corrected chi connectivity index (χ0v) is 14.8. The highest BCUT2D eigenvalue weighted by Crippen LogP contribution is 2.37. The fourth-order valence-corrected chi connectivity index (χ4v) is 2.66. The van der Waals surface area contributed by atoms with E-state index in [0.29, 0.717) is 13.2 Å². The van der Waals surface area contributed by atoms with Crippen LogP contribution in [0.15, 0.2) is 42.2 Å². The van der Waals surface area contributed by atoms with Crippen LogP contribution >= 0.6 is 0 Å². The third-order valence-electron chi connectivity index (χ3n) is 3.87. The summed E-state index contributed by atoms with van der Waals surface area (Å²) in [6.45, 7) is 11.9. The first kappa shape index (κ1) is 17.9. The topological polar surface area (TPSA) is 38.7 Å². The molecule has 0 aliphatic heterocycles. The van der Waals surface area contributed by atoms with Crippen molar-refractivity contribution in [1.82, 2.24) is 0 Å². The number of aliphatic hydroxyl groups excluding tert-OH is 1. The van der Waals surface area contributed by atoms with Crippen LogP contribution in [0.1, 0.15) is 26.3 Å². The Morgan fingerprint density at radius 2 is 1.81 bits per heavy atom. The molecule has 0 aliphatic rings. The minimum atomic E-state index is -1.89. The van der Waals surface area contributed by atoms with Gasteiger partial charge in [-0.2, -0.15) is 0 Å². The molecular weight excluding hydrogens is 280 g/mol. The van der Waals surface area contributed by atoms with Crippen LogP contribution in [-0.2, 0) is 15.8 Å². The van der Waals surface area contributed by atoms with Gasteiger partial charge < -0.3 is 14.3 Å². The molecule has 0 unspecified atom stereocenters. The minimum Gasteiger partial charge on any atom is -0.545 e. The molecule has 0 bridgehead atoms. The Kier molecular flexibility index (Phi) is 6.65. The monoisotopic (exact) mass is 308 g/mol. The van der Waals surface area contributed by atoms with E-state index in [4.69, 9.17) is 14.3 Å². The first-order valence-electron chi connectivity index (χ1n) is 7.37. The maximum Gasteiger partial charge on any atom is 0.250 e. The molecule has 0 saturated heterocycles. The summed E-state index contributed by atoms with van der Waals surface area (Å²) in [4.78, 5) is 0. The fraction of sp³-hybridized carbons (Fsp3) is 0.529. The van der Waals surface area contributed by atoms with Crippen molar-refractivity contribution >= 4 is 8.32 Å². The van der Waals surface area contributed by atoms with E-state index in [1.54, 1.807) is 6.08 Å². The lowest BCUT2D eigenvalue weighted by Crippen LogP contribution is -2.41. The average molecular weight is 308 g/mol.